The minimum Gasteiger partial charge on any atom is -0.454 e. The maximum atomic E-state index is 12.6. The predicted molar refractivity (Wildman–Crippen MR) is 108 cm³/mol. The molecule has 1 aliphatic rings. The van der Waals surface area contributed by atoms with Crippen LogP contribution in [0.4, 0.5) is 10.5 Å². The zero-order valence-electron chi connectivity index (χ0n) is 17.6. The molecule has 1 heterocycles. The molecule has 0 bridgehead atoms. The Hall–Kier alpha value is -2.90. The molecular formula is C21H29N3O5. The van der Waals surface area contributed by atoms with Crippen LogP contribution in [-0.4, -0.2) is 47.4 Å². The van der Waals surface area contributed by atoms with Crippen molar-refractivity contribution >= 4 is 29.5 Å². The molecular weight excluding hydrogens is 374 g/mol. The number of imide groups is 1. The Labute approximate surface area is 171 Å². The van der Waals surface area contributed by atoms with E-state index in [4.69, 9.17) is 4.74 Å². The van der Waals surface area contributed by atoms with Gasteiger partial charge in [-0.05, 0) is 50.7 Å². The van der Waals surface area contributed by atoms with Gasteiger partial charge in [-0.3, -0.25) is 19.3 Å². The standard InChI is InChI=1S/C21H29N3O5/c1-13(2)9-10-21(5)19(27)24(20(28)23-21)11-17(26)29-12-16(25)22-18-14(3)7-6-8-15(18)4/h6-8,13H,9-12H2,1-5H3,(H,22,25)(H,23,28)/t21-/m0/s1. The molecule has 1 atom stereocenters. The second kappa shape index (κ2) is 9.07. The van der Waals surface area contributed by atoms with Crippen molar-refractivity contribution in [3.8, 4) is 0 Å². The van der Waals surface area contributed by atoms with Crippen LogP contribution in [-0.2, 0) is 19.1 Å². The van der Waals surface area contributed by atoms with Gasteiger partial charge in [0, 0.05) is 5.69 Å². The van der Waals surface area contributed by atoms with Crippen molar-refractivity contribution in [2.75, 3.05) is 18.5 Å². The molecule has 0 saturated carbocycles. The van der Waals surface area contributed by atoms with E-state index >= 15 is 0 Å². The highest BCUT2D eigenvalue weighted by molar-refractivity contribution is 6.08. The van der Waals surface area contributed by atoms with E-state index in [-0.39, 0.29) is 0 Å². The molecule has 158 valence electrons. The average Bonchev–Trinajstić information content (AvgIpc) is 2.85. The van der Waals surface area contributed by atoms with E-state index in [1.54, 1.807) is 6.92 Å². The summed E-state index contributed by atoms with van der Waals surface area (Å²) in [6, 6.07) is 4.98. The Kier molecular flexibility index (Phi) is 7.00. The monoisotopic (exact) mass is 403 g/mol. The largest absolute Gasteiger partial charge is 0.454 e. The van der Waals surface area contributed by atoms with Crippen LogP contribution in [0.1, 0.15) is 44.7 Å². The summed E-state index contributed by atoms with van der Waals surface area (Å²) in [4.78, 5) is 49.7. The maximum Gasteiger partial charge on any atom is 0.326 e. The van der Waals surface area contributed by atoms with Crippen LogP contribution in [0.2, 0.25) is 0 Å². The third-order valence-electron chi connectivity index (χ3n) is 4.96. The lowest BCUT2D eigenvalue weighted by Crippen LogP contribution is -2.44. The molecule has 29 heavy (non-hydrogen) atoms. The summed E-state index contributed by atoms with van der Waals surface area (Å²) in [5, 5.41) is 5.36. The normalized spacial score (nSPS) is 18.8. The molecule has 1 fully saturated rings. The number of benzene rings is 1. The number of nitrogens with one attached hydrogen (secondary N) is 2. The van der Waals surface area contributed by atoms with Crippen molar-refractivity contribution in [2.45, 2.75) is 53.0 Å². The molecule has 0 unspecified atom stereocenters. The van der Waals surface area contributed by atoms with Gasteiger partial charge in [0.15, 0.2) is 6.61 Å². The first-order valence-corrected chi connectivity index (χ1v) is 9.69. The van der Waals surface area contributed by atoms with E-state index in [0.717, 1.165) is 22.4 Å². The third kappa shape index (κ3) is 5.56. The lowest BCUT2D eigenvalue weighted by Gasteiger charge is -2.22. The molecule has 1 aromatic rings. The van der Waals surface area contributed by atoms with E-state index in [1.165, 1.54) is 0 Å². The van der Waals surface area contributed by atoms with Crippen LogP contribution >= 0.6 is 0 Å². The Bertz CT molecular complexity index is 800. The summed E-state index contributed by atoms with van der Waals surface area (Å²) in [5.74, 6) is -1.39. The number of para-hydroxylation sites is 1. The summed E-state index contributed by atoms with van der Waals surface area (Å²) in [7, 11) is 0. The number of esters is 1. The highest BCUT2D eigenvalue weighted by Crippen LogP contribution is 2.24. The Morgan fingerprint density at radius 2 is 1.83 bits per heavy atom. The van der Waals surface area contributed by atoms with Gasteiger partial charge in [0.05, 0.1) is 0 Å². The van der Waals surface area contributed by atoms with Crippen LogP contribution in [0.3, 0.4) is 0 Å². The van der Waals surface area contributed by atoms with Crippen molar-refractivity contribution in [2.24, 2.45) is 5.92 Å². The quantitative estimate of drug-likeness (QED) is 0.513. The van der Waals surface area contributed by atoms with Crippen LogP contribution in [0.5, 0.6) is 0 Å². The van der Waals surface area contributed by atoms with Gasteiger partial charge in [-0.2, -0.15) is 0 Å². The molecule has 1 saturated heterocycles. The summed E-state index contributed by atoms with van der Waals surface area (Å²) < 4.78 is 4.96. The number of ether oxygens (including phenoxy) is 1. The van der Waals surface area contributed by atoms with Gasteiger partial charge < -0.3 is 15.4 Å². The Morgan fingerprint density at radius 3 is 2.41 bits per heavy atom. The second-order valence-electron chi connectivity index (χ2n) is 8.06. The molecule has 8 heteroatoms. The average molecular weight is 403 g/mol. The SMILES string of the molecule is Cc1cccc(C)c1NC(=O)COC(=O)CN1C(=O)N[C@@](C)(CCC(C)C)C1=O. The molecule has 0 aliphatic carbocycles. The van der Waals surface area contributed by atoms with E-state index in [9.17, 15) is 19.2 Å². The Morgan fingerprint density at radius 1 is 1.21 bits per heavy atom. The minimum atomic E-state index is -1.03. The first-order valence-electron chi connectivity index (χ1n) is 9.69. The lowest BCUT2D eigenvalue weighted by molar-refractivity contribution is -0.150. The zero-order chi connectivity index (χ0) is 21.8. The molecule has 1 aromatic carbocycles. The summed E-state index contributed by atoms with van der Waals surface area (Å²) >= 11 is 0. The smallest absolute Gasteiger partial charge is 0.326 e. The number of urea groups is 1. The van der Waals surface area contributed by atoms with Crippen molar-refractivity contribution in [3.05, 3.63) is 29.3 Å². The molecule has 0 radical (unpaired) electrons. The van der Waals surface area contributed by atoms with E-state index < -0.39 is 42.5 Å². The van der Waals surface area contributed by atoms with Gasteiger partial charge >= 0.3 is 12.0 Å². The molecule has 4 amide bonds. The molecule has 2 rings (SSSR count). The summed E-state index contributed by atoms with van der Waals surface area (Å²) in [6.07, 6.45) is 1.25. The van der Waals surface area contributed by atoms with Crippen molar-refractivity contribution in [1.29, 1.82) is 0 Å². The number of anilines is 1. The van der Waals surface area contributed by atoms with E-state index in [2.05, 4.69) is 10.6 Å². The predicted octanol–water partition coefficient (Wildman–Crippen LogP) is 2.53. The highest BCUT2D eigenvalue weighted by atomic mass is 16.5. The fourth-order valence-corrected chi connectivity index (χ4v) is 3.15. The van der Waals surface area contributed by atoms with Gasteiger partial charge in [0.1, 0.15) is 12.1 Å². The van der Waals surface area contributed by atoms with Crippen LogP contribution < -0.4 is 10.6 Å². The third-order valence-corrected chi connectivity index (χ3v) is 4.96. The highest BCUT2D eigenvalue weighted by Gasteiger charge is 2.48. The number of carbonyl (C=O) groups is 4. The van der Waals surface area contributed by atoms with Gasteiger partial charge in [-0.15, -0.1) is 0 Å². The van der Waals surface area contributed by atoms with Crippen LogP contribution in [0, 0.1) is 19.8 Å². The zero-order valence-corrected chi connectivity index (χ0v) is 17.6. The number of rotatable bonds is 8. The fourth-order valence-electron chi connectivity index (χ4n) is 3.15. The van der Waals surface area contributed by atoms with Crippen molar-refractivity contribution in [3.63, 3.8) is 0 Å². The number of hydrogen-bond donors (Lipinski definition) is 2. The first kappa shape index (κ1) is 22.4. The summed E-state index contributed by atoms with van der Waals surface area (Å²) in [6.45, 7) is 8.41. The summed E-state index contributed by atoms with van der Waals surface area (Å²) in [5.41, 5.74) is 1.43. The van der Waals surface area contributed by atoms with Crippen LogP contribution in [0.25, 0.3) is 0 Å². The van der Waals surface area contributed by atoms with Gasteiger partial charge in [0.25, 0.3) is 11.8 Å². The lowest BCUT2D eigenvalue weighted by atomic mass is 9.92. The van der Waals surface area contributed by atoms with Gasteiger partial charge in [-0.1, -0.05) is 32.0 Å². The molecule has 8 nitrogen and oxygen atoms in total. The van der Waals surface area contributed by atoms with Gasteiger partial charge in [0.2, 0.25) is 0 Å². The maximum absolute atomic E-state index is 12.6. The molecule has 0 aromatic heterocycles. The Balaban J connectivity index is 1.88. The fraction of sp³-hybridized carbons (Fsp3) is 0.524. The number of carbonyl (C=O) groups excluding carboxylic acids is 4. The second-order valence-corrected chi connectivity index (χ2v) is 8.06. The van der Waals surface area contributed by atoms with Crippen molar-refractivity contribution in [1.82, 2.24) is 10.2 Å². The number of nitrogens with zero attached hydrogens (tertiary/aromatic N) is 1. The minimum absolute atomic E-state index is 0.381. The first-order chi connectivity index (χ1) is 13.5. The molecule has 0 spiro atoms. The number of hydrogen-bond acceptors (Lipinski definition) is 5. The molecule has 2 N–H and O–H groups in total. The van der Waals surface area contributed by atoms with E-state index in [0.29, 0.717) is 18.0 Å². The number of amides is 4. The number of aryl methyl sites for hydroxylation is 2. The molecule has 1 aliphatic heterocycles. The topological polar surface area (TPSA) is 105 Å². The van der Waals surface area contributed by atoms with E-state index in [1.807, 2.05) is 45.9 Å². The van der Waals surface area contributed by atoms with Crippen LogP contribution in [0.15, 0.2) is 18.2 Å². The van der Waals surface area contributed by atoms with Gasteiger partial charge in [-0.25, -0.2) is 4.79 Å². The van der Waals surface area contributed by atoms with Crippen molar-refractivity contribution < 1.29 is 23.9 Å².